The monoisotopic (exact) mass is 330 g/mol. The number of ether oxygens (including phenoxy) is 1. The molecule has 7 heteroatoms. The molecular weight excluding hydrogens is 315 g/mol. The Labute approximate surface area is 133 Å². The van der Waals surface area contributed by atoms with Crippen LogP contribution in [0.25, 0.3) is 0 Å². The van der Waals surface area contributed by atoms with Crippen molar-refractivity contribution in [3.8, 4) is 0 Å². The van der Waals surface area contributed by atoms with Gasteiger partial charge in [-0.25, -0.2) is 4.79 Å². The van der Waals surface area contributed by atoms with Gasteiger partial charge in [0.25, 0.3) is 5.91 Å². The highest BCUT2D eigenvalue weighted by molar-refractivity contribution is 6.30. The first-order valence-corrected chi connectivity index (χ1v) is 7.55. The molecule has 0 N–H and O–H groups in total. The van der Waals surface area contributed by atoms with E-state index in [9.17, 15) is 9.59 Å². The van der Waals surface area contributed by atoms with Gasteiger partial charge in [0.1, 0.15) is 6.61 Å². The molecule has 0 radical (unpaired) electrons. The number of piperazine rings is 1. The Hall–Kier alpha value is -1.46. The second-order valence-corrected chi connectivity index (χ2v) is 5.41. The summed E-state index contributed by atoms with van der Waals surface area (Å²) in [6, 6.07) is 6.85. The summed E-state index contributed by atoms with van der Waals surface area (Å²) in [7, 11) is 0. The van der Waals surface area contributed by atoms with Gasteiger partial charge in [-0.1, -0.05) is 17.7 Å². The minimum Gasteiger partial charge on any atom is -0.448 e. The van der Waals surface area contributed by atoms with E-state index in [2.05, 4.69) is 0 Å². The van der Waals surface area contributed by atoms with Gasteiger partial charge in [-0.2, -0.15) is 0 Å². The van der Waals surface area contributed by atoms with E-state index in [0.717, 1.165) is 0 Å². The third-order valence-electron chi connectivity index (χ3n) is 3.20. The number of rotatable bonds is 3. The Balaban J connectivity index is 1.89. The summed E-state index contributed by atoms with van der Waals surface area (Å²) in [5, 5.41) is 0.532. The molecule has 2 amide bonds. The van der Waals surface area contributed by atoms with Crippen molar-refractivity contribution in [2.75, 3.05) is 38.7 Å². The van der Waals surface area contributed by atoms with Crippen molar-refractivity contribution < 1.29 is 14.3 Å². The van der Waals surface area contributed by atoms with E-state index in [1.165, 1.54) is 0 Å². The second kappa shape index (κ2) is 7.52. The summed E-state index contributed by atoms with van der Waals surface area (Å²) in [4.78, 5) is 27.3. The maximum Gasteiger partial charge on any atom is 0.409 e. The fourth-order valence-electron chi connectivity index (χ4n) is 2.11. The van der Waals surface area contributed by atoms with Crippen LogP contribution in [0.3, 0.4) is 0 Å². The molecule has 0 atom stereocenters. The standard InChI is InChI=1S/C14H16Cl2N2O3/c15-4-9-21-14(20)18-7-5-17(6-8-18)13(19)11-2-1-3-12(16)10-11/h1-3,10H,4-9H2. The number of alkyl halides is 1. The van der Waals surface area contributed by atoms with Crippen LogP contribution in [0.4, 0.5) is 4.79 Å². The lowest BCUT2D eigenvalue weighted by molar-refractivity contribution is 0.0572. The lowest BCUT2D eigenvalue weighted by Gasteiger charge is -2.34. The highest BCUT2D eigenvalue weighted by Crippen LogP contribution is 2.14. The number of nitrogens with zero attached hydrogens (tertiary/aromatic N) is 2. The quantitative estimate of drug-likeness (QED) is 0.800. The van der Waals surface area contributed by atoms with Crippen LogP contribution in [0.2, 0.25) is 5.02 Å². The molecule has 1 aromatic rings. The Morgan fingerprint density at radius 1 is 1.14 bits per heavy atom. The predicted octanol–water partition coefficient (Wildman–Crippen LogP) is 2.47. The van der Waals surface area contributed by atoms with Crippen LogP contribution in [-0.4, -0.2) is 60.5 Å². The fourth-order valence-corrected chi connectivity index (χ4v) is 2.38. The third kappa shape index (κ3) is 4.25. The molecule has 1 fully saturated rings. The number of halogens is 2. The van der Waals surface area contributed by atoms with Crippen molar-refractivity contribution in [2.45, 2.75) is 0 Å². The zero-order chi connectivity index (χ0) is 15.2. The Bertz CT molecular complexity index is 517. The average Bonchev–Trinajstić information content (AvgIpc) is 2.52. The van der Waals surface area contributed by atoms with Crippen molar-refractivity contribution in [1.82, 2.24) is 9.80 Å². The van der Waals surface area contributed by atoms with Crippen LogP contribution < -0.4 is 0 Å². The van der Waals surface area contributed by atoms with Gasteiger partial charge < -0.3 is 14.5 Å². The lowest BCUT2D eigenvalue weighted by atomic mass is 10.2. The minimum absolute atomic E-state index is 0.0775. The van der Waals surface area contributed by atoms with E-state index in [0.29, 0.717) is 36.8 Å². The maximum absolute atomic E-state index is 12.3. The Morgan fingerprint density at radius 2 is 1.81 bits per heavy atom. The number of amides is 2. The molecular formula is C14H16Cl2N2O3. The minimum atomic E-state index is -0.384. The summed E-state index contributed by atoms with van der Waals surface area (Å²) in [6.07, 6.45) is -0.384. The van der Waals surface area contributed by atoms with Crippen molar-refractivity contribution in [2.24, 2.45) is 0 Å². The van der Waals surface area contributed by atoms with E-state index >= 15 is 0 Å². The predicted molar refractivity (Wildman–Crippen MR) is 81.0 cm³/mol. The Kier molecular flexibility index (Phi) is 5.70. The van der Waals surface area contributed by atoms with Crippen molar-refractivity contribution in [3.05, 3.63) is 34.9 Å². The summed E-state index contributed by atoms with van der Waals surface area (Å²) in [5.41, 5.74) is 0.556. The fraction of sp³-hybridized carbons (Fsp3) is 0.429. The molecule has 0 aromatic heterocycles. The molecule has 0 bridgehead atoms. The highest BCUT2D eigenvalue weighted by Gasteiger charge is 2.25. The topological polar surface area (TPSA) is 49.9 Å². The molecule has 1 heterocycles. The zero-order valence-electron chi connectivity index (χ0n) is 11.4. The molecule has 0 aliphatic carbocycles. The van der Waals surface area contributed by atoms with Crippen LogP contribution in [0.15, 0.2) is 24.3 Å². The summed E-state index contributed by atoms with van der Waals surface area (Å²) < 4.78 is 4.96. The lowest BCUT2D eigenvalue weighted by Crippen LogP contribution is -2.50. The first-order chi connectivity index (χ1) is 10.1. The number of carbonyl (C=O) groups is 2. The SMILES string of the molecule is O=C(OCCCl)N1CCN(C(=O)c2cccc(Cl)c2)CC1. The summed E-state index contributed by atoms with van der Waals surface area (Å²) in [5.74, 6) is 0.199. The van der Waals surface area contributed by atoms with Crippen molar-refractivity contribution >= 4 is 35.2 Å². The highest BCUT2D eigenvalue weighted by atomic mass is 35.5. The smallest absolute Gasteiger partial charge is 0.409 e. The number of carbonyl (C=O) groups excluding carboxylic acids is 2. The first kappa shape index (κ1) is 15.9. The van der Waals surface area contributed by atoms with E-state index in [4.69, 9.17) is 27.9 Å². The first-order valence-electron chi connectivity index (χ1n) is 6.64. The van der Waals surface area contributed by atoms with Gasteiger partial charge in [-0.3, -0.25) is 4.79 Å². The van der Waals surface area contributed by atoms with E-state index in [-0.39, 0.29) is 24.5 Å². The molecule has 0 unspecified atom stereocenters. The molecule has 0 saturated carbocycles. The molecule has 5 nitrogen and oxygen atoms in total. The van der Waals surface area contributed by atoms with Gasteiger partial charge in [0, 0.05) is 36.8 Å². The Morgan fingerprint density at radius 3 is 2.43 bits per heavy atom. The zero-order valence-corrected chi connectivity index (χ0v) is 12.9. The van der Waals surface area contributed by atoms with Gasteiger partial charge in [0.15, 0.2) is 0 Å². The van der Waals surface area contributed by atoms with Crippen molar-refractivity contribution in [1.29, 1.82) is 0 Å². The number of hydrogen-bond donors (Lipinski definition) is 0. The van der Waals surface area contributed by atoms with Crippen LogP contribution >= 0.6 is 23.2 Å². The molecule has 1 saturated heterocycles. The summed E-state index contributed by atoms with van der Waals surface area (Å²) >= 11 is 11.4. The molecule has 21 heavy (non-hydrogen) atoms. The number of hydrogen-bond acceptors (Lipinski definition) is 3. The molecule has 1 aromatic carbocycles. The van der Waals surface area contributed by atoms with E-state index in [1.807, 2.05) is 0 Å². The normalized spacial score (nSPS) is 15.0. The molecule has 114 valence electrons. The molecule has 1 aliphatic rings. The van der Waals surface area contributed by atoms with Crippen LogP contribution in [0.1, 0.15) is 10.4 Å². The second-order valence-electron chi connectivity index (χ2n) is 4.59. The van der Waals surface area contributed by atoms with Crippen LogP contribution in [0.5, 0.6) is 0 Å². The van der Waals surface area contributed by atoms with E-state index in [1.54, 1.807) is 34.1 Å². The van der Waals surface area contributed by atoms with Gasteiger partial charge >= 0.3 is 6.09 Å². The molecule has 0 spiro atoms. The molecule has 2 rings (SSSR count). The van der Waals surface area contributed by atoms with Gasteiger partial charge in [0.2, 0.25) is 0 Å². The summed E-state index contributed by atoms with van der Waals surface area (Å²) in [6.45, 7) is 2.05. The largest absolute Gasteiger partial charge is 0.448 e. The number of benzene rings is 1. The van der Waals surface area contributed by atoms with Crippen LogP contribution in [0, 0.1) is 0 Å². The van der Waals surface area contributed by atoms with Gasteiger partial charge in [0.05, 0.1) is 5.88 Å². The van der Waals surface area contributed by atoms with Gasteiger partial charge in [-0.15, -0.1) is 11.6 Å². The van der Waals surface area contributed by atoms with Crippen LogP contribution in [-0.2, 0) is 4.74 Å². The third-order valence-corrected chi connectivity index (χ3v) is 3.59. The average molecular weight is 331 g/mol. The molecule has 1 aliphatic heterocycles. The van der Waals surface area contributed by atoms with Gasteiger partial charge in [-0.05, 0) is 18.2 Å². The maximum atomic E-state index is 12.3. The van der Waals surface area contributed by atoms with E-state index < -0.39 is 0 Å². The van der Waals surface area contributed by atoms with Crippen molar-refractivity contribution in [3.63, 3.8) is 0 Å².